The van der Waals surface area contributed by atoms with Gasteiger partial charge in [-0.1, -0.05) is 53.0 Å². The minimum Gasteiger partial charge on any atom is -0.345 e. The van der Waals surface area contributed by atoms with Crippen LogP contribution in [0.25, 0.3) is 6.08 Å². The molecule has 4 nitrogen and oxygen atoms in total. The fourth-order valence-corrected chi connectivity index (χ4v) is 3.88. The number of hydrogen-bond acceptors (Lipinski definition) is 2. The van der Waals surface area contributed by atoms with Gasteiger partial charge in [0, 0.05) is 28.5 Å². The topological polar surface area (TPSA) is 57.8 Å². The number of amides is 1. The maximum Gasteiger partial charge on any atom is 0.262 e. The van der Waals surface area contributed by atoms with Crippen LogP contribution >= 0.6 is 23.2 Å². The van der Waals surface area contributed by atoms with Crippen molar-refractivity contribution in [2.75, 3.05) is 0 Å². The molecular formula is C25H23Cl2N3O. The molecule has 1 atom stereocenters. The number of nitrogens with zero attached hydrogens (tertiary/aromatic N) is 2. The van der Waals surface area contributed by atoms with Crippen LogP contribution < -0.4 is 5.32 Å². The molecule has 2 aromatic carbocycles. The molecule has 158 valence electrons. The minimum absolute atomic E-state index is 0.0410. The second-order valence-corrected chi connectivity index (χ2v) is 8.37. The Bertz CT molecular complexity index is 1190. The van der Waals surface area contributed by atoms with E-state index in [9.17, 15) is 10.1 Å². The molecule has 1 heterocycles. The number of aryl methyl sites for hydroxylation is 2. The van der Waals surface area contributed by atoms with Gasteiger partial charge in [0.05, 0.1) is 6.04 Å². The van der Waals surface area contributed by atoms with Crippen molar-refractivity contribution in [1.29, 1.82) is 5.26 Å². The second kappa shape index (κ2) is 9.87. The van der Waals surface area contributed by atoms with Gasteiger partial charge in [0.2, 0.25) is 0 Å². The lowest BCUT2D eigenvalue weighted by Gasteiger charge is -2.17. The van der Waals surface area contributed by atoms with Crippen LogP contribution in [0.15, 0.2) is 60.3 Å². The van der Waals surface area contributed by atoms with Crippen molar-refractivity contribution < 1.29 is 4.79 Å². The van der Waals surface area contributed by atoms with Gasteiger partial charge in [-0.2, -0.15) is 5.26 Å². The van der Waals surface area contributed by atoms with Crippen molar-refractivity contribution in [2.45, 2.75) is 33.4 Å². The lowest BCUT2D eigenvalue weighted by Crippen LogP contribution is -2.28. The van der Waals surface area contributed by atoms with Crippen LogP contribution in [0.4, 0.5) is 0 Å². The van der Waals surface area contributed by atoms with Crippen LogP contribution in [0.2, 0.25) is 10.0 Å². The summed E-state index contributed by atoms with van der Waals surface area (Å²) in [6.45, 7) is 6.43. The van der Waals surface area contributed by atoms with Crippen LogP contribution in [-0.2, 0) is 11.3 Å². The lowest BCUT2D eigenvalue weighted by atomic mass is 9.99. The number of hydrogen-bond donors (Lipinski definition) is 1. The lowest BCUT2D eigenvalue weighted by molar-refractivity contribution is -0.117. The Labute approximate surface area is 192 Å². The van der Waals surface area contributed by atoms with E-state index in [0.29, 0.717) is 16.6 Å². The Morgan fingerprint density at radius 2 is 1.97 bits per heavy atom. The van der Waals surface area contributed by atoms with Gasteiger partial charge < -0.3 is 9.88 Å². The summed E-state index contributed by atoms with van der Waals surface area (Å²) in [5.74, 6) is -0.409. The van der Waals surface area contributed by atoms with Gasteiger partial charge in [-0.15, -0.1) is 0 Å². The monoisotopic (exact) mass is 451 g/mol. The zero-order chi connectivity index (χ0) is 22.5. The van der Waals surface area contributed by atoms with Gasteiger partial charge in [-0.25, -0.2) is 0 Å². The molecule has 0 radical (unpaired) electrons. The van der Waals surface area contributed by atoms with Gasteiger partial charge in [0.15, 0.2) is 0 Å². The maximum atomic E-state index is 12.8. The summed E-state index contributed by atoms with van der Waals surface area (Å²) in [5, 5.41) is 13.7. The summed E-state index contributed by atoms with van der Waals surface area (Å²) in [4.78, 5) is 12.8. The van der Waals surface area contributed by atoms with Crippen LogP contribution in [0.5, 0.6) is 0 Å². The molecule has 6 heteroatoms. The molecule has 0 fully saturated rings. The smallest absolute Gasteiger partial charge is 0.262 e. The Balaban J connectivity index is 1.80. The third-order valence-corrected chi connectivity index (χ3v) is 5.71. The number of carbonyl (C=O) groups excluding carboxylic acids is 1. The molecule has 0 aliphatic carbocycles. The third kappa shape index (κ3) is 5.58. The maximum absolute atomic E-state index is 12.8. The molecule has 0 spiro atoms. The zero-order valence-corrected chi connectivity index (χ0v) is 19.1. The molecule has 0 aliphatic heterocycles. The number of rotatable bonds is 6. The van der Waals surface area contributed by atoms with Gasteiger partial charge >= 0.3 is 0 Å². The summed E-state index contributed by atoms with van der Waals surface area (Å²) in [6.07, 6.45) is 3.47. The first-order valence-corrected chi connectivity index (χ1v) is 10.6. The number of carbonyl (C=O) groups is 1. The highest BCUT2D eigenvalue weighted by molar-refractivity contribution is 6.35. The molecular weight excluding hydrogens is 429 g/mol. The zero-order valence-electron chi connectivity index (χ0n) is 17.6. The van der Waals surface area contributed by atoms with Crippen molar-refractivity contribution >= 4 is 35.2 Å². The van der Waals surface area contributed by atoms with Gasteiger partial charge in [-0.05, 0) is 67.8 Å². The normalized spacial score (nSPS) is 12.3. The first-order chi connectivity index (χ1) is 14.8. The summed E-state index contributed by atoms with van der Waals surface area (Å²) >= 11 is 12.3. The van der Waals surface area contributed by atoms with Crippen molar-refractivity contribution in [3.05, 3.63) is 98.3 Å². The van der Waals surface area contributed by atoms with Crippen molar-refractivity contribution in [1.82, 2.24) is 9.88 Å². The highest BCUT2D eigenvalue weighted by atomic mass is 35.5. The fourth-order valence-electron chi connectivity index (χ4n) is 3.41. The van der Waals surface area contributed by atoms with Crippen molar-refractivity contribution in [3.8, 4) is 6.07 Å². The fraction of sp³-hybridized carbons (Fsp3) is 0.200. The summed E-state index contributed by atoms with van der Waals surface area (Å²) < 4.78 is 1.92. The molecule has 1 amide bonds. The van der Waals surface area contributed by atoms with E-state index in [1.54, 1.807) is 18.2 Å². The van der Waals surface area contributed by atoms with Crippen molar-refractivity contribution in [2.24, 2.45) is 0 Å². The van der Waals surface area contributed by atoms with Crippen molar-refractivity contribution in [3.63, 3.8) is 0 Å². The van der Waals surface area contributed by atoms with E-state index < -0.39 is 5.91 Å². The molecule has 1 N–H and O–H groups in total. The molecule has 1 aromatic heterocycles. The predicted molar refractivity (Wildman–Crippen MR) is 126 cm³/mol. The second-order valence-electron chi connectivity index (χ2n) is 7.52. The Hall–Kier alpha value is -3.00. The quantitative estimate of drug-likeness (QED) is 0.355. The van der Waals surface area contributed by atoms with Crippen LogP contribution in [0.1, 0.15) is 40.9 Å². The number of aromatic nitrogens is 1. The first kappa shape index (κ1) is 22.7. The standard InChI is InChI=1S/C25H23Cl2N3O/c1-16-6-7-17(2)23(11-16)18(3)29-25(31)20(14-28)12-22-5-4-10-30(22)15-19-8-9-21(26)13-24(19)27/h4-13,18H,15H2,1-3H3,(H,29,31)/b20-12+. The molecule has 0 aliphatic rings. The molecule has 3 rings (SSSR count). The third-order valence-electron chi connectivity index (χ3n) is 5.13. The number of nitrogens with one attached hydrogen (secondary N) is 1. The van der Waals surface area contributed by atoms with Gasteiger partial charge in [0.25, 0.3) is 5.91 Å². The molecule has 3 aromatic rings. The van der Waals surface area contributed by atoms with Crippen LogP contribution in [0.3, 0.4) is 0 Å². The Morgan fingerprint density at radius 3 is 2.68 bits per heavy atom. The van der Waals surface area contributed by atoms with E-state index in [1.807, 2.05) is 67.9 Å². The highest BCUT2D eigenvalue weighted by Crippen LogP contribution is 2.23. The Kier molecular flexibility index (Phi) is 7.22. The highest BCUT2D eigenvalue weighted by Gasteiger charge is 2.16. The van der Waals surface area contributed by atoms with E-state index in [0.717, 1.165) is 27.9 Å². The largest absolute Gasteiger partial charge is 0.345 e. The number of halogens is 2. The predicted octanol–water partition coefficient (Wildman–Crippen LogP) is 6.24. The SMILES string of the molecule is Cc1ccc(C)c(C(C)NC(=O)/C(C#N)=C/c2cccn2Cc2ccc(Cl)cc2Cl)c1. The molecule has 0 bridgehead atoms. The Morgan fingerprint density at radius 1 is 1.19 bits per heavy atom. The van der Waals surface area contributed by atoms with E-state index in [1.165, 1.54) is 0 Å². The molecule has 0 saturated heterocycles. The van der Waals surface area contributed by atoms with Crippen LogP contribution in [-0.4, -0.2) is 10.5 Å². The number of benzene rings is 2. The summed E-state index contributed by atoms with van der Waals surface area (Å²) in [7, 11) is 0. The first-order valence-electron chi connectivity index (χ1n) is 9.87. The average Bonchev–Trinajstić information content (AvgIpc) is 3.16. The van der Waals surface area contributed by atoms with Crippen LogP contribution in [0, 0.1) is 25.2 Å². The van der Waals surface area contributed by atoms with E-state index >= 15 is 0 Å². The molecule has 0 saturated carbocycles. The summed E-state index contributed by atoms with van der Waals surface area (Å²) in [6, 6.07) is 17.0. The van der Waals surface area contributed by atoms with E-state index in [4.69, 9.17) is 23.2 Å². The average molecular weight is 452 g/mol. The molecule has 31 heavy (non-hydrogen) atoms. The van der Waals surface area contributed by atoms with Gasteiger partial charge in [0.1, 0.15) is 11.6 Å². The van der Waals surface area contributed by atoms with Gasteiger partial charge in [-0.3, -0.25) is 4.79 Å². The van der Waals surface area contributed by atoms with E-state index in [-0.39, 0.29) is 11.6 Å². The number of nitriles is 1. The summed E-state index contributed by atoms with van der Waals surface area (Å²) in [5.41, 5.74) is 4.91. The molecule has 1 unspecified atom stereocenters. The minimum atomic E-state index is -0.409. The van der Waals surface area contributed by atoms with E-state index in [2.05, 4.69) is 11.4 Å².